The number of hydrogen-bond acceptors (Lipinski definition) is 4. The van der Waals surface area contributed by atoms with Crippen LogP contribution in [0.2, 0.25) is 0 Å². The van der Waals surface area contributed by atoms with Crippen molar-refractivity contribution in [3.05, 3.63) is 40.9 Å². The molecule has 0 fully saturated rings. The van der Waals surface area contributed by atoms with Crippen molar-refractivity contribution in [2.45, 2.75) is 0 Å². The van der Waals surface area contributed by atoms with Gasteiger partial charge in [-0.2, -0.15) is 0 Å². The Morgan fingerprint density at radius 3 is 2.53 bits per heavy atom. The SMILES string of the molecule is COC(=O)c1csc(-c2cc(F)cc(F)c2)n1. The molecule has 0 N–H and O–H groups in total. The van der Waals surface area contributed by atoms with Crippen molar-refractivity contribution in [1.82, 2.24) is 4.98 Å². The largest absolute Gasteiger partial charge is 0.464 e. The van der Waals surface area contributed by atoms with E-state index in [2.05, 4.69) is 9.72 Å². The third kappa shape index (κ3) is 2.47. The van der Waals surface area contributed by atoms with Gasteiger partial charge in [-0.25, -0.2) is 18.6 Å². The Hall–Kier alpha value is -1.82. The number of halogens is 2. The zero-order valence-electron chi connectivity index (χ0n) is 8.74. The van der Waals surface area contributed by atoms with E-state index in [1.165, 1.54) is 12.5 Å². The lowest BCUT2D eigenvalue weighted by Gasteiger charge is -1.97. The van der Waals surface area contributed by atoms with Crippen LogP contribution in [0.1, 0.15) is 10.5 Å². The van der Waals surface area contributed by atoms with Crippen LogP contribution >= 0.6 is 11.3 Å². The van der Waals surface area contributed by atoms with Crippen LogP contribution in [-0.2, 0) is 4.74 Å². The van der Waals surface area contributed by atoms with Crippen molar-refractivity contribution in [2.24, 2.45) is 0 Å². The number of thiazole rings is 1. The molecule has 1 heterocycles. The van der Waals surface area contributed by atoms with E-state index >= 15 is 0 Å². The first-order valence-electron chi connectivity index (χ1n) is 4.60. The maximum atomic E-state index is 13.0. The molecule has 0 aliphatic rings. The average molecular weight is 255 g/mol. The molecule has 6 heteroatoms. The molecule has 0 unspecified atom stereocenters. The Kier molecular flexibility index (Phi) is 3.14. The normalized spacial score (nSPS) is 10.3. The van der Waals surface area contributed by atoms with Crippen LogP contribution in [0, 0.1) is 11.6 Å². The summed E-state index contributed by atoms with van der Waals surface area (Å²) in [6, 6.07) is 3.09. The van der Waals surface area contributed by atoms with E-state index in [9.17, 15) is 13.6 Å². The van der Waals surface area contributed by atoms with Crippen LogP contribution in [0.4, 0.5) is 8.78 Å². The number of methoxy groups -OCH3 is 1. The molecular weight excluding hydrogens is 248 g/mol. The second kappa shape index (κ2) is 4.58. The van der Waals surface area contributed by atoms with E-state index in [0.29, 0.717) is 10.6 Å². The highest BCUT2D eigenvalue weighted by Crippen LogP contribution is 2.25. The van der Waals surface area contributed by atoms with Gasteiger partial charge < -0.3 is 4.74 Å². The molecule has 0 saturated carbocycles. The molecule has 88 valence electrons. The Labute approximate surface area is 99.7 Å². The molecule has 0 radical (unpaired) electrons. The first kappa shape index (κ1) is 11.7. The number of ether oxygens (including phenoxy) is 1. The lowest BCUT2D eigenvalue weighted by atomic mass is 10.2. The van der Waals surface area contributed by atoms with Crippen molar-refractivity contribution in [3.63, 3.8) is 0 Å². The Balaban J connectivity index is 2.40. The fourth-order valence-electron chi connectivity index (χ4n) is 1.28. The van der Waals surface area contributed by atoms with Gasteiger partial charge in [0.05, 0.1) is 7.11 Å². The lowest BCUT2D eigenvalue weighted by Crippen LogP contribution is -2.00. The van der Waals surface area contributed by atoms with E-state index in [1.54, 1.807) is 0 Å². The summed E-state index contributed by atoms with van der Waals surface area (Å²) in [6.45, 7) is 0. The first-order valence-corrected chi connectivity index (χ1v) is 5.48. The Bertz CT molecular complexity index is 548. The fourth-order valence-corrected chi connectivity index (χ4v) is 2.06. The van der Waals surface area contributed by atoms with Crippen molar-refractivity contribution in [2.75, 3.05) is 7.11 Å². The van der Waals surface area contributed by atoms with Gasteiger partial charge in [0.1, 0.15) is 16.6 Å². The monoisotopic (exact) mass is 255 g/mol. The van der Waals surface area contributed by atoms with E-state index in [4.69, 9.17) is 0 Å². The zero-order chi connectivity index (χ0) is 12.4. The number of rotatable bonds is 2. The molecule has 0 bridgehead atoms. The number of benzene rings is 1. The number of carbonyl (C=O) groups is 1. The third-order valence-corrected chi connectivity index (χ3v) is 2.90. The first-order chi connectivity index (χ1) is 8.10. The van der Waals surface area contributed by atoms with Crippen LogP contribution in [0.25, 0.3) is 10.6 Å². The van der Waals surface area contributed by atoms with Crippen molar-refractivity contribution >= 4 is 17.3 Å². The van der Waals surface area contributed by atoms with Crippen LogP contribution in [-0.4, -0.2) is 18.1 Å². The molecule has 2 rings (SSSR count). The van der Waals surface area contributed by atoms with Crippen LogP contribution in [0.3, 0.4) is 0 Å². The molecule has 0 spiro atoms. The fraction of sp³-hybridized carbons (Fsp3) is 0.0909. The summed E-state index contributed by atoms with van der Waals surface area (Å²) in [7, 11) is 1.24. The van der Waals surface area contributed by atoms with Gasteiger partial charge in [-0.1, -0.05) is 0 Å². The standard InChI is InChI=1S/C11H7F2NO2S/c1-16-11(15)9-5-17-10(14-9)6-2-7(12)4-8(13)3-6/h2-5H,1H3. The lowest BCUT2D eigenvalue weighted by molar-refractivity contribution is 0.0595. The maximum absolute atomic E-state index is 13.0. The van der Waals surface area contributed by atoms with E-state index in [0.717, 1.165) is 29.5 Å². The average Bonchev–Trinajstić information content (AvgIpc) is 2.76. The molecule has 0 saturated heterocycles. The van der Waals surface area contributed by atoms with E-state index in [-0.39, 0.29) is 5.69 Å². The maximum Gasteiger partial charge on any atom is 0.357 e. The van der Waals surface area contributed by atoms with E-state index < -0.39 is 17.6 Å². The molecular formula is C11H7F2NO2S. The number of hydrogen-bond donors (Lipinski definition) is 0. The second-order valence-corrected chi connectivity index (χ2v) is 4.05. The van der Waals surface area contributed by atoms with Gasteiger partial charge >= 0.3 is 5.97 Å². The second-order valence-electron chi connectivity index (χ2n) is 3.19. The summed E-state index contributed by atoms with van der Waals surface area (Å²) in [5.41, 5.74) is 0.417. The highest BCUT2D eigenvalue weighted by molar-refractivity contribution is 7.13. The number of carbonyl (C=O) groups excluding carboxylic acids is 1. The molecule has 0 aliphatic carbocycles. The smallest absolute Gasteiger partial charge is 0.357 e. The van der Waals surface area contributed by atoms with Crippen LogP contribution in [0.15, 0.2) is 23.6 Å². The topological polar surface area (TPSA) is 39.2 Å². The quantitative estimate of drug-likeness (QED) is 0.774. The highest BCUT2D eigenvalue weighted by atomic mass is 32.1. The summed E-state index contributed by atoms with van der Waals surface area (Å²) < 4.78 is 30.5. The summed E-state index contributed by atoms with van der Waals surface area (Å²) in [6.07, 6.45) is 0. The van der Waals surface area contributed by atoms with Gasteiger partial charge in [0.2, 0.25) is 0 Å². The van der Waals surface area contributed by atoms with Gasteiger partial charge in [0.25, 0.3) is 0 Å². The summed E-state index contributed by atoms with van der Waals surface area (Å²) in [4.78, 5) is 15.1. The predicted octanol–water partition coefficient (Wildman–Crippen LogP) is 2.87. The van der Waals surface area contributed by atoms with Gasteiger partial charge in [-0.15, -0.1) is 11.3 Å². The van der Waals surface area contributed by atoms with E-state index in [1.807, 2.05) is 0 Å². The van der Waals surface area contributed by atoms with Gasteiger partial charge in [-0.05, 0) is 12.1 Å². The third-order valence-electron chi connectivity index (χ3n) is 2.01. The molecule has 1 aromatic heterocycles. The highest BCUT2D eigenvalue weighted by Gasteiger charge is 2.12. The number of esters is 1. The van der Waals surface area contributed by atoms with Crippen molar-refractivity contribution < 1.29 is 18.3 Å². The number of nitrogens with zero attached hydrogens (tertiary/aromatic N) is 1. The number of aromatic nitrogens is 1. The minimum atomic E-state index is -0.685. The Morgan fingerprint density at radius 1 is 1.29 bits per heavy atom. The van der Waals surface area contributed by atoms with Crippen LogP contribution < -0.4 is 0 Å². The van der Waals surface area contributed by atoms with Crippen molar-refractivity contribution in [3.8, 4) is 10.6 Å². The van der Waals surface area contributed by atoms with Gasteiger partial charge in [0.15, 0.2) is 5.69 Å². The summed E-state index contributed by atoms with van der Waals surface area (Å²) >= 11 is 1.12. The minimum Gasteiger partial charge on any atom is -0.464 e. The predicted molar refractivity (Wildman–Crippen MR) is 58.8 cm³/mol. The van der Waals surface area contributed by atoms with Crippen LogP contribution in [0.5, 0.6) is 0 Å². The summed E-state index contributed by atoms with van der Waals surface area (Å²) in [5, 5.41) is 1.84. The molecule has 2 aromatic rings. The Morgan fingerprint density at radius 2 is 1.94 bits per heavy atom. The molecule has 0 aliphatic heterocycles. The summed E-state index contributed by atoms with van der Waals surface area (Å²) in [5.74, 6) is -1.95. The molecule has 3 nitrogen and oxygen atoms in total. The van der Waals surface area contributed by atoms with Gasteiger partial charge in [-0.3, -0.25) is 0 Å². The molecule has 0 amide bonds. The molecule has 17 heavy (non-hydrogen) atoms. The zero-order valence-corrected chi connectivity index (χ0v) is 9.55. The minimum absolute atomic E-state index is 0.122. The molecule has 1 aromatic carbocycles. The van der Waals surface area contributed by atoms with Gasteiger partial charge in [0, 0.05) is 17.0 Å². The molecule has 0 atom stereocenters. The van der Waals surface area contributed by atoms with Crippen molar-refractivity contribution in [1.29, 1.82) is 0 Å².